The van der Waals surface area contributed by atoms with Gasteiger partial charge in [-0.05, 0) is 30.2 Å². The van der Waals surface area contributed by atoms with E-state index in [1.54, 1.807) is 7.11 Å². The SMILES string of the molecule is C=C(C)c1ccc(OC)cc1CC(=O)OC. The largest absolute Gasteiger partial charge is 0.497 e. The molecule has 0 heterocycles. The van der Waals surface area contributed by atoms with E-state index in [2.05, 4.69) is 11.3 Å². The number of methoxy groups -OCH3 is 2. The molecule has 0 amide bonds. The molecule has 0 atom stereocenters. The third kappa shape index (κ3) is 2.86. The Morgan fingerprint density at radius 2 is 2.06 bits per heavy atom. The molecule has 0 aliphatic rings. The van der Waals surface area contributed by atoms with Gasteiger partial charge in [0, 0.05) is 0 Å². The Labute approximate surface area is 95.7 Å². The molecule has 0 fully saturated rings. The second kappa shape index (κ2) is 5.35. The van der Waals surface area contributed by atoms with Gasteiger partial charge in [0.1, 0.15) is 5.75 Å². The number of benzene rings is 1. The van der Waals surface area contributed by atoms with Crippen molar-refractivity contribution in [3.63, 3.8) is 0 Å². The Morgan fingerprint density at radius 3 is 2.56 bits per heavy atom. The molecule has 86 valence electrons. The molecular formula is C13H16O3. The molecule has 0 bridgehead atoms. The van der Waals surface area contributed by atoms with Crippen molar-refractivity contribution in [1.82, 2.24) is 0 Å². The van der Waals surface area contributed by atoms with Crippen molar-refractivity contribution < 1.29 is 14.3 Å². The molecule has 16 heavy (non-hydrogen) atoms. The summed E-state index contributed by atoms with van der Waals surface area (Å²) in [4.78, 5) is 11.3. The van der Waals surface area contributed by atoms with Crippen molar-refractivity contribution in [2.24, 2.45) is 0 Å². The van der Waals surface area contributed by atoms with Gasteiger partial charge in [-0.2, -0.15) is 0 Å². The van der Waals surface area contributed by atoms with Crippen LogP contribution in [0.5, 0.6) is 5.75 Å². The Balaban J connectivity index is 3.10. The Hall–Kier alpha value is -1.77. The van der Waals surface area contributed by atoms with Crippen LogP contribution < -0.4 is 4.74 Å². The zero-order valence-corrected chi connectivity index (χ0v) is 9.87. The quantitative estimate of drug-likeness (QED) is 0.731. The van der Waals surface area contributed by atoms with Gasteiger partial charge in [0.25, 0.3) is 0 Å². The second-order valence-corrected chi connectivity index (χ2v) is 3.56. The average Bonchev–Trinajstić information content (AvgIpc) is 2.28. The molecule has 0 N–H and O–H groups in total. The normalized spacial score (nSPS) is 9.69. The fourth-order valence-electron chi connectivity index (χ4n) is 1.49. The fourth-order valence-corrected chi connectivity index (χ4v) is 1.49. The number of esters is 1. The van der Waals surface area contributed by atoms with Crippen molar-refractivity contribution in [3.05, 3.63) is 35.9 Å². The lowest BCUT2D eigenvalue weighted by Gasteiger charge is -2.10. The van der Waals surface area contributed by atoms with E-state index >= 15 is 0 Å². The molecule has 0 radical (unpaired) electrons. The van der Waals surface area contributed by atoms with Crippen molar-refractivity contribution >= 4 is 11.5 Å². The van der Waals surface area contributed by atoms with Gasteiger partial charge in [-0.3, -0.25) is 4.79 Å². The lowest BCUT2D eigenvalue weighted by molar-refractivity contribution is -0.139. The first-order valence-corrected chi connectivity index (χ1v) is 4.98. The summed E-state index contributed by atoms with van der Waals surface area (Å²) in [7, 11) is 2.97. The molecular weight excluding hydrogens is 204 g/mol. The minimum atomic E-state index is -0.268. The molecule has 0 aliphatic carbocycles. The summed E-state index contributed by atoms with van der Waals surface area (Å²) in [5.74, 6) is 0.458. The maximum absolute atomic E-state index is 11.3. The van der Waals surface area contributed by atoms with E-state index in [1.165, 1.54) is 7.11 Å². The van der Waals surface area contributed by atoms with Gasteiger partial charge in [0.2, 0.25) is 0 Å². The zero-order chi connectivity index (χ0) is 12.1. The monoisotopic (exact) mass is 220 g/mol. The van der Waals surface area contributed by atoms with Crippen molar-refractivity contribution in [2.45, 2.75) is 13.3 Å². The van der Waals surface area contributed by atoms with Crippen LogP contribution in [0.4, 0.5) is 0 Å². The van der Waals surface area contributed by atoms with Crippen molar-refractivity contribution in [2.75, 3.05) is 14.2 Å². The maximum Gasteiger partial charge on any atom is 0.310 e. The maximum atomic E-state index is 11.3. The minimum Gasteiger partial charge on any atom is -0.497 e. The van der Waals surface area contributed by atoms with Crippen LogP contribution in [0.3, 0.4) is 0 Å². The highest BCUT2D eigenvalue weighted by atomic mass is 16.5. The first kappa shape index (κ1) is 12.3. The molecule has 0 saturated carbocycles. The van der Waals surface area contributed by atoms with Gasteiger partial charge in [-0.1, -0.05) is 18.2 Å². The third-order valence-corrected chi connectivity index (χ3v) is 2.33. The van der Waals surface area contributed by atoms with Crippen LogP contribution in [-0.4, -0.2) is 20.2 Å². The Morgan fingerprint density at radius 1 is 1.38 bits per heavy atom. The molecule has 3 nitrogen and oxygen atoms in total. The van der Waals surface area contributed by atoms with Crippen LogP contribution in [0.1, 0.15) is 18.1 Å². The number of carbonyl (C=O) groups excluding carboxylic acids is 1. The third-order valence-electron chi connectivity index (χ3n) is 2.33. The number of carbonyl (C=O) groups is 1. The van der Waals surface area contributed by atoms with Crippen LogP contribution in [0.25, 0.3) is 5.57 Å². The standard InChI is InChI=1S/C13H16O3/c1-9(2)12-6-5-11(15-3)7-10(12)8-13(14)16-4/h5-7H,1,8H2,2-4H3. The Kier molecular flexibility index (Phi) is 4.11. The highest BCUT2D eigenvalue weighted by Gasteiger charge is 2.10. The molecule has 1 aromatic rings. The van der Waals surface area contributed by atoms with Crippen LogP contribution in [0.15, 0.2) is 24.8 Å². The van der Waals surface area contributed by atoms with Crippen LogP contribution in [0, 0.1) is 0 Å². The van der Waals surface area contributed by atoms with Crippen molar-refractivity contribution in [3.8, 4) is 5.75 Å². The molecule has 0 aromatic heterocycles. The van der Waals surface area contributed by atoms with Gasteiger partial charge in [-0.15, -0.1) is 0 Å². The van der Waals surface area contributed by atoms with Gasteiger partial charge < -0.3 is 9.47 Å². The molecule has 1 aromatic carbocycles. The second-order valence-electron chi connectivity index (χ2n) is 3.56. The van der Waals surface area contributed by atoms with Gasteiger partial charge >= 0.3 is 5.97 Å². The first-order chi connectivity index (χ1) is 7.58. The first-order valence-electron chi connectivity index (χ1n) is 4.98. The van der Waals surface area contributed by atoms with Gasteiger partial charge in [0.05, 0.1) is 20.6 Å². The summed E-state index contributed by atoms with van der Waals surface area (Å²) in [6, 6.07) is 5.59. The summed E-state index contributed by atoms with van der Waals surface area (Å²) >= 11 is 0. The van der Waals surface area contributed by atoms with Crippen LogP contribution in [0.2, 0.25) is 0 Å². The molecule has 0 unspecified atom stereocenters. The highest BCUT2D eigenvalue weighted by molar-refractivity contribution is 5.76. The summed E-state index contributed by atoms with van der Waals surface area (Å²) in [5.41, 5.74) is 2.76. The molecule has 0 saturated heterocycles. The molecule has 3 heteroatoms. The number of rotatable bonds is 4. The summed E-state index contributed by atoms with van der Waals surface area (Å²) in [5, 5.41) is 0. The summed E-state index contributed by atoms with van der Waals surface area (Å²) in [6.45, 7) is 5.79. The molecule has 1 rings (SSSR count). The van der Waals surface area contributed by atoms with E-state index < -0.39 is 0 Å². The zero-order valence-electron chi connectivity index (χ0n) is 9.87. The fraction of sp³-hybridized carbons (Fsp3) is 0.308. The minimum absolute atomic E-state index is 0.232. The topological polar surface area (TPSA) is 35.5 Å². The van der Waals surface area contributed by atoms with Crippen molar-refractivity contribution in [1.29, 1.82) is 0 Å². The lowest BCUT2D eigenvalue weighted by atomic mass is 9.99. The number of hydrogen-bond donors (Lipinski definition) is 0. The van der Waals surface area contributed by atoms with E-state index in [-0.39, 0.29) is 12.4 Å². The van der Waals surface area contributed by atoms with Gasteiger partial charge in [-0.25, -0.2) is 0 Å². The number of ether oxygens (including phenoxy) is 2. The molecule has 0 spiro atoms. The predicted molar refractivity (Wildman–Crippen MR) is 63.4 cm³/mol. The highest BCUT2D eigenvalue weighted by Crippen LogP contribution is 2.23. The number of allylic oxidation sites excluding steroid dienone is 1. The van der Waals surface area contributed by atoms with Crippen LogP contribution in [-0.2, 0) is 16.0 Å². The summed E-state index contributed by atoms with van der Waals surface area (Å²) in [6.07, 6.45) is 0.232. The average molecular weight is 220 g/mol. The van der Waals surface area contributed by atoms with E-state index in [1.807, 2.05) is 25.1 Å². The van der Waals surface area contributed by atoms with E-state index in [0.29, 0.717) is 0 Å². The molecule has 0 aliphatic heterocycles. The Bertz CT molecular complexity index is 408. The smallest absolute Gasteiger partial charge is 0.310 e. The number of hydrogen-bond acceptors (Lipinski definition) is 3. The van der Waals surface area contributed by atoms with E-state index in [4.69, 9.17) is 4.74 Å². The summed E-state index contributed by atoms with van der Waals surface area (Å²) < 4.78 is 9.78. The van der Waals surface area contributed by atoms with Gasteiger partial charge in [0.15, 0.2) is 0 Å². The predicted octanol–water partition coefficient (Wildman–Crippen LogP) is 2.44. The van der Waals surface area contributed by atoms with Crippen LogP contribution >= 0.6 is 0 Å². The van der Waals surface area contributed by atoms with E-state index in [0.717, 1.165) is 22.4 Å². The lowest BCUT2D eigenvalue weighted by Crippen LogP contribution is -2.06. The van der Waals surface area contributed by atoms with E-state index in [9.17, 15) is 4.79 Å².